The maximum atomic E-state index is 14.8. The van der Waals surface area contributed by atoms with Crippen LogP contribution in [0.5, 0.6) is 5.75 Å². The van der Waals surface area contributed by atoms with Crippen LogP contribution in [0.3, 0.4) is 0 Å². The standard InChI is InChI=1S/C49H69F2N11O12S/c1-5-27(4)43-48(73)58-33(12-13-38(52)64)45(70)60-37(23-39(53)65)46(71)59-34(15-18-75-19-16-41(67)56-36(47(72)61-43)22-28-6-9-30(63)10-7-28)49(74)62(17-14-29-8-11-31(50)32(51)21-29)25-42(68)57-35(20-26(2)3)44(69)55-24-40(54)66/h6-11,21,26-27,33-37,43,63H,5,12-20,22-25H2,1-4H3,(H2,52,64)(H2,53,65)(H2,54,66)(H,55,69)(H,56,67)(H,57,68)(H,58,73)(H,59,71)(H,60,70)(H,61,72)/t27-,33?,34-,35-,36-,37-,43-/m0/s1. The van der Waals surface area contributed by atoms with Crippen LogP contribution in [0.15, 0.2) is 42.5 Å². The highest BCUT2D eigenvalue weighted by Crippen LogP contribution is 2.17. The number of nitrogens with two attached hydrogens (primary N) is 3. The van der Waals surface area contributed by atoms with Gasteiger partial charge in [0.1, 0.15) is 42.0 Å². The van der Waals surface area contributed by atoms with Crippen LogP contribution in [-0.4, -0.2) is 142 Å². The Morgan fingerprint density at radius 1 is 0.773 bits per heavy atom. The molecule has 1 heterocycles. The van der Waals surface area contributed by atoms with Gasteiger partial charge in [0.25, 0.3) is 0 Å². The summed E-state index contributed by atoms with van der Waals surface area (Å²) >= 11 is 1.15. The second-order valence-corrected chi connectivity index (χ2v) is 19.8. The highest BCUT2D eigenvalue weighted by Gasteiger charge is 2.36. The van der Waals surface area contributed by atoms with E-state index in [1.165, 1.54) is 30.3 Å². The molecule has 26 heteroatoms. The number of hydrogen-bond donors (Lipinski definition) is 11. The Bertz CT molecular complexity index is 2380. The van der Waals surface area contributed by atoms with Crippen molar-refractivity contribution in [2.45, 2.75) is 122 Å². The van der Waals surface area contributed by atoms with Crippen molar-refractivity contribution in [2.24, 2.45) is 29.0 Å². The monoisotopic (exact) mass is 1070 g/mol. The Labute approximate surface area is 437 Å². The van der Waals surface area contributed by atoms with Crippen LogP contribution in [0.25, 0.3) is 0 Å². The normalized spacial score (nSPS) is 20.1. The molecule has 0 saturated carbocycles. The van der Waals surface area contributed by atoms with Gasteiger partial charge in [-0.25, -0.2) is 8.78 Å². The number of phenols is 1. The Hall–Kier alpha value is -7.38. The molecule has 11 amide bonds. The number of benzene rings is 2. The molecule has 14 N–H and O–H groups in total. The molecule has 0 aromatic heterocycles. The van der Waals surface area contributed by atoms with Gasteiger partial charge in [0, 0.05) is 31.6 Å². The lowest BCUT2D eigenvalue weighted by molar-refractivity contribution is -0.141. The van der Waals surface area contributed by atoms with E-state index in [4.69, 9.17) is 17.2 Å². The Morgan fingerprint density at radius 2 is 1.41 bits per heavy atom. The van der Waals surface area contributed by atoms with E-state index >= 15 is 0 Å². The molecule has 1 unspecified atom stereocenters. The van der Waals surface area contributed by atoms with Crippen LogP contribution in [-0.2, 0) is 65.6 Å². The lowest BCUT2D eigenvalue weighted by atomic mass is 9.96. The maximum absolute atomic E-state index is 14.8. The van der Waals surface area contributed by atoms with Gasteiger partial charge >= 0.3 is 0 Å². The molecule has 2 aromatic carbocycles. The highest BCUT2D eigenvalue weighted by atomic mass is 32.2. The lowest BCUT2D eigenvalue weighted by Gasteiger charge is -2.30. The molecule has 1 saturated heterocycles. The lowest BCUT2D eigenvalue weighted by Crippen LogP contribution is -2.61. The van der Waals surface area contributed by atoms with Gasteiger partial charge in [0.15, 0.2) is 11.6 Å². The average Bonchev–Trinajstić information content (AvgIpc) is 3.34. The van der Waals surface area contributed by atoms with E-state index in [9.17, 15) is 66.6 Å². The highest BCUT2D eigenvalue weighted by molar-refractivity contribution is 7.99. The number of carbonyl (C=O) groups is 11. The van der Waals surface area contributed by atoms with Crippen molar-refractivity contribution in [3.63, 3.8) is 0 Å². The number of aromatic hydroxyl groups is 1. The first-order valence-corrected chi connectivity index (χ1v) is 25.5. The zero-order chi connectivity index (χ0) is 55.9. The minimum absolute atomic E-state index is 0.0335. The smallest absolute Gasteiger partial charge is 0.245 e. The van der Waals surface area contributed by atoms with Crippen LogP contribution < -0.4 is 54.4 Å². The van der Waals surface area contributed by atoms with Crippen molar-refractivity contribution in [1.82, 2.24) is 42.1 Å². The van der Waals surface area contributed by atoms with E-state index in [1.54, 1.807) is 27.7 Å². The van der Waals surface area contributed by atoms with E-state index < -0.39 is 151 Å². The molecular formula is C49H69F2N11O12S. The molecule has 0 bridgehead atoms. The molecule has 23 nitrogen and oxygen atoms in total. The van der Waals surface area contributed by atoms with Gasteiger partial charge in [0.2, 0.25) is 65.0 Å². The first kappa shape index (κ1) is 61.9. The van der Waals surface area contributed by atoms with E-state index in [0.29, 0.717) is 12.0 Å². The number of thioether (sulfide) groups is 1. The Kier molecular flexibility index (Phi) is 25.4. The van der Waals surface area contributed by atoms with Gasteiger partial charge in [-0.15, -0.1) is 0 Å². The van der Waals surface area contributed by atoms with Crippen molar-refractivity contribution in [3.8, 4) is 5.75 Å². The fourth-order valence-corrected chi connectivity index (χ4v) is 8.59. The van der Waals surface area contributed by atoms with Crippen molar-refractivity contribution < 1.29 is 66.6 Å². The first-order valence-electron chi connectivity index (χ1n) is 24.4. The van der Waals surface area contributed by atoms with Crippen molar-refractivity contribution in [1.29, 1.82) is 0 Å². The number of carbonyl (C=O) groups excluding carboxylic acids is 11. The summed E-state index contributed by atoms with van der Waals surface area (Å²) in [5.74, 6) is -12.9. The summed E-state index contributed by atoms with van der Waals surface area (Å²) in [6, 6.07) is -0.0134. The number of nitrogens with zero attached hydrogens (tertiary/aromatic N) is 1. The van der Waals surface area contributed by atoms with Gasteiger partial charge in [0.05, 0.1) is 19.5 Å². The number of nitrogens with one attached hydrogen (secondary N) is 7. The summed E-state index contributed by atoms with van der Waals surface area (Å²) in [5, 5.41) is 27.5. The minimum atomic E-state index is -1.83. The number of phenolic OH excluding ortho intramolecular Hbond substituents is 1. The molecule has 412 valence electrons. The molecule has 1 aliphatic heterocycles. The molecule has 0 aliphatic carbocycles. The van der Waals surface area contributed by atoms with Gasteiger partial charge in [-0.05, 0) is 78.7 Å². The molecule has 7 atom stereocenters. The first-order chi connectivity index (χ1) is 35.4. The SMILES string of the molecule is CC[C@H](C)[C@@H]1NC(=O)[C@H](Cc2ccc(O)cc2)NC(=O)CCSCC[C@@H](C(=O)N(CCc2ccc(F)c(F)c2)CC(=O)N[C@@H](CC(C)C)C(=O)NCC(N)=O)NC(=O)[C@H](CC(N)=O)NC(=O)C(CCC(N)=O)NC1=O. The van der Waals surface area contributed by atoms with Gasteiger partial charge in [-0.3, -0.25) is 52.7 Å². The van der Waals surface area contributed by atoms with E-state index in [2.05, 4.69) is 37.2 Å². The fourth-order valence-electron chi connectivity index (χ4n) is 7.66. The largest absolute Gasteiger partial charge is 0.508 e. The third kappa shape index (κ3) is 21.9. The fraction of sp³-hybridized carbons (Fsp3) is 0.531. The Balaban J connectivity index is 2.12. The van der Waals surface area contributed by atoms with Crippen molar-refractivity contribution in [2.75, 3.05) is 31.1 Å². The predicted molar refractivity (Wildman–Crippen MR) is 270 cm³/mol. The van der Waals surface area contributed by atoms with E-state index in [-0.39, 0.29) is 67.4 Å². The average molecular weight is 1070 g/mol. The topological polar surface area (TPSA) is 374 Å². The second kappa shape index (κ2) is 30.7. The number of halogens is 2. The Morgan fingerprint density at radius 3 is 2.03 bits per heavy atom. The zero-order valence-electron chi connectivity index (χ0n) is 42.3. The van der Waals surface area contributed by atoms with Crippen LogP contribution in [0.2, 0.25) is 0 Å². The molecule has 0 radical (unpaired) electrons. The summed E-state index contributed by atoms with van der Waals surface area (Å²) in [6.45, 7) is 5.22. The van der Waals surface area contributed by atoms with Crippen LogP contribution in [0.1, 0.15) is 83.8 Å². The summed E-state index contributed by atoms with van der Waals surface area (Å²) in [4.78, 5) is 149. The van der Waals surface area contributed by atoms with Crippen LogP contribution in [0.4, 0.5) is 8.78 Å². The summed E-state index contributed by atoms with van der Waals surface area (Å²) in [6.07, 6.45) is -2.02. The molecule has 1 fully saturated rings. The summed E-state index contributed by atoms with van der Waals surface area (Å²) in [7, 11) is 0. The molecule has 1 aliphatic rings. The molecular weight excluding hydrogens is 1000 g/mol. The van der Waals surface area contributed by atoms with Gasteiger partial charge in [-0.1, -0.05) is 52.3 Å². The quantitative estimate of drug-likeness (QED) is 0.0683. The molecule has 75 heavy (non-hydrogen) atoms. The number of hydrogen-bond acceptors (Lipinski definition) is 13. The number of amides is 11. The maximum Gasteiger partial charge on any atom is 0.245 e. The third-order valence-electron chi connectivity index (χ3n) is 11.9. The number of rotatable bonds is 21. The summed E-state index contributed by atoms with van der Waals surface area (Å²) in [5.41, 5.74) is 16.9. The molecule has 3 rings (SSSR count). The van der Waals surface area contributed by atoms with Crippen LogP contribution >= 0.6 is 11.8 Å². The van der Waals surface area contributed by atoms with Gasteiger partial charge in [-0.2, -0.15) is 11.8 Å². The second-order valence-electron chi connectivity index (χ2n) is 18.6. The third-order valence-corrected chi connectivity index (χ3v) is 12.9. The number of primary amides is 3. The summed E-state index contributed by atoms with van der Waals surface area (Å²) < 4.78 is 28.3. The van der Waals surface area contributed by atoms with E-state index in [0.717, 1.165) is 28.8 Å². The van der Waals surface area contributed by atoms with Crippen molar-refractivity contribution in [3.05, 3.63) is 65.2 Å². The molecule has 0 spiro atoms. The minimum Gasteiger partial charge on any atom is -0.508 e. The van der Waals surface area contributed by atoms with Gasteiger partial charge < -0.3 is 64.4 Å². The predicted octanol–water partition coefficient (Wildman–Crippen LogP) is -1.45. The van der Waals surface area contributed by atoms with Crippen LogP contribution in [0, 0.1) is 23.5 Å². The van der Waals surface area contributed by atoms with E-state index in [1.807, 2.05) is 0 Å². The zero-order valence-corrected chi connectivity index (χ0v) is 43.2. The molecule has 2 aromatic rings. The van der Waals surface area contributed by atoms with Crippen molar-refractivity contribution >= 4 is 76.7 Å².